The molecule has 0 saturated carbocycles. The van der Waals surface area contributed by atoms with Gasteiger partial charge in [-0.15, -0.1) is 10.2 Å². The van der Waals surface area contributed by atoms with E-state index in [9.17, 15) is 4.79 Å². The molecule has 0 aliphatic heterocycles. The highest BCUT2D eigenvalue weighted by Crippen LogP contribution is 2.22. The number of hydrogen-bond donors (Lipinski definition) is 2. The lowest BCUT2D eigenvalue weighted by Gasteiger charge is -1.97. The Morgan fingerprint density at radius 1 is 1.20 bits per heavy atom. The molecule has 3 aromatic rings. The number of aromatic nitrogens is 3. The molecule has 1 amide bonds. The largest absolute Gasteiger partial charge is 0.351 e. The van der Waals surface area contributed by atoms with E-state index in [1.54, 1.807) is 0 Å². The van der Waals surface area contributed by atoms with E-state index in [1.807, 2.05) is 32.9 Å². The van der Waals surface area contributed by atoms with Gasteiger partial charge in [-0.1, -0.05) is 17.4 Å². The highest BCUT2D eigenvalue weighted by atomic mass is 32.1. The zero-order valence-electron chi connectivity index (χ0n) is 11.4. The van der Waals surface area contributed by atoms with Gasteiger partial charge < -0.3 is 4.98 Å². The first kappa shape index (κ1) is 12.8. The maximum absolute atomic E-state index is 12.2. The molecule has 0 atom stereocenters. The van der Waals surface area contributed by atoms with Crippen LogP contribution in [-0.2, 0) is 0 Å². The van der Waals surface area contributed by atoms with Crippen molar-refractivity contribution in [3.05, 3.63) is 40.0 Å². The molecule has 2 aromatic heterocycles. The topological polar surface area (TPSA) is 70.7 Å². The van der Waals surface area contributed by atoms with Gasteiger partial charge in [0.05, 0.1) is 0 Å². The van der Waals surface area contributed by atoms with E-state index in [0.717, 1.165) is 21.5 Å². The summed E-state index contributed by atoms with van der Waals surface area (Å²) in [6.07, 6.45) is 0. The van der Waals surface area contributed by atoms with Crippen LogP contribution in [0, 0.1) is 20.8 Å². The molecule has 2 heterocycles. The third kappa shape index (κ3) is 2.30. The molecule has 0 fully saturated rings. The molecular weight excluding hydrogens is 272 g/mol. The van der Waals surface area contributed by atoms with Crippen LogP contribution in [0.25, 0.3) is 10.9 Å². The zero-order valence-corrected chi connectivity index (χ0v) is 12.3. The van der Waals surface area contributed by atoms with Gasteiger partial charge in [0.1, 0.15) is 10.7 Å². The summed E-state index contributed by atoms with van der Waals surface area (Å²) in [7, 11) is 0. The first-order valence-electron chi connectivity index (χ1n) is 6.24. The average Bonchev–Trinajstić information content (AvgIpc) is 2.95. The number of carbonyl (C=O) groups is 1. The Morgan fingerprint density at radius 3 is 2.70 bits per heavy atom. The summed E-state index contributed by atoms with van der Waals surface area (Å²) in [4.78, 5) is 15.3. The maximum atomic E-state index is 12.2. The predicted molar refractivity (Wildman–Crippen MR) is 80.4 cm³/mol. The van der Waals surface area contributed by atoms with Crippen molar-refractivity contribution in [3.63, 3.8) is 0 Å². The van der Waals surface area contributed by atoms with Crippen molar-refractivity contribution < 1.29 is 4.79 Å². The second kappa shape index (κ2) is 4.72. The highest BCUT2D eigenvalue weighted by molar-refractivity contribution is 7.15. The summed E-state index contributed by atoms with van der Waals surface area (Å²) < 4.78 is 0. The normalized spacial score (nSPS) is 10.9. The minimum Gasteiger partial charge on any atom is -0.351 e. The summed E-state index contributed by atoms with van der Waals surface area (Å²) >= 11 is 1.36. The Hall–Kier alpha value is -2.21. The first-order chi connectivity index (χ1) is 9.52. The number of fused-ring (bicyclic) bond motifs is 1. The van der Waals surface area contributed by atoms with Crippen molar-refractivity contribution in [1.29, 1.82) is 0 Å². The quantitative estimate of drug-likeness (QED) is 0.760. The van der Waals surface area contributed by atoms with E-state index in [-0.39, 0.29) is 5.91 Å². The van der Waals surface area contributed by atoms with Crippen molar-refractivity contribution in [1.82, 2.24) is 15.2 Å². The number of nitrogens with zero attached hydrogens (tertiary/aromatic N) is 2. The second-order valence-electron chi connectivity index (χ2n) is 4.81. The smallest absolute Gasteiger partial charge is 0.273 e. The van der Waals surface area contributed by atoms with Gasteiger partial charge in [-0.2, -0.15) is 0 Å². The molecule has 0 aliphatic rings. The number of aromatic amines is 1. The van der Waals surface area contributed by atoms with Crippen LogP contribution < -0.4 is 5.32 Å². The first-order valence-corrected chi connectivity index (χ1v) is 7.06. The highest BCUT2D eigenvalue weighted by Gasteiger charge is 2.13. The minimum atomic E-state index is -0.200. The number of H-pyrrole nitrogens is 1. The fourth-order valence-electron chi connectivity index (χ4n) is 2.23. The number of aryl methyl sites for hydroxylation is 3. The maximum Gasteiger partial charge on any atom is 0.273 e. The molecule has 0 aliphatic carbocycles. The molecule has 0 bridgehead atoms. The van der Waals surface area contributed by atoms with Gasteiger partial charge in [-0.3, -0.25) is 10.1 Å². The number of nitrogens with one attached hydrogen (secondary N) is 2. The third-order valence-electron chi connectivity index (χ3n) is 3.08. The number of carbonyl (C=O) groups excluding carboxylic acids is 1. The summed E-state index contributed by atoms with van der Waals surface area (Å²) in [6, 6.07) is 6.01. The van der Waals surface area contributed by atoms with Crippen LogP contribution in [0.2, 0.25) is 0 Å². The number of hydrogen-bond acceptors (Lipinski definition) is 4. The van der Waals surface area contributed by atoms with E-state index in [0.29, 0.717) is 10.8 Å². The fourth-order valence-corrected chi connectivity index (χ4v) is 2.82. The predicted octanol–water partition coefficient (Wildman–Crippen LogP) is 3.20. The average molecular weight is 286 g/mol. The molecule has 102 valence electrons. The molecule has 0 unspecified atom stereocenters. The molecule has 0 radical (unpaired) electrons. The third-order valence-corrected chi connectivity index (χ3v) is 3.83. The van der Waals surface area contributed by atoms with E-state index in [1.165, 1.54) is 16.9 Å². The Labute approximate surface area is 120 Å². The van der Waals surface area contributed by atoms with Crippen LogP contribution in [0.1, 0.15) is 26.6 Å². The Bertz CT molecular complexity index is 803. The van der Waals surface area contributed by atoms with Crippen molar-refractivity contribution in [2.75, 3.05) is 5.32 Å². The zero-order chi connectivity index (χ0) is 14.3. The summed E-state index contributed by atoms with van der Waals surface area (Å²) in [5.74, 6) is -0.200. The SMILES string of the molecule is Cc1cc(C)c2cc(C(=O)Nc3nnc(C)s3)[nH]c2c1. The van der Waals surface area contributed by atoms with Crippen LogP contribution in [-0.4, -0.2) is 21.1 Å². The number of rotatable bonds is 2. The second-order valence-corrected chi connectivity index (χ2v) is 5.99. The van der Waals surface area contributed by atoms with Crippen molar-refractivity contribution in [2.45, 2.75) is 20.8 Å². The van der Waals surface area contributed by atoms with Gasteiger partial charge in [-0.25, -0.2) is 0 Å². The van der Waals surface area contributed by atoms with Gasteiger partial charge >= 0.3 is 0 Å². The van der Waals surface area contributed by atoms with Crippen LogP contribution in [0.15, 0.2) is 18.2 Å². The molecular formula is C14H14N4OS. The van der Waals surface area contributed by atoms with Gasteiger partial charge in [0.2, 0.25) is 5.13 Å². The molecule has 0 spiro atoms. The Kier molecular flexibility index (Phi) is 3.02. The van der Waals surface area contributed by atoms with Crippen molar-refractivity contribution >= 4 is 33.3 Å². The molecule has 1 aromatic carbocycles. The van der Waals surface area contributed by atoms with Gasteiger partial charge in [0.15, 0.2) is 0 Å². The number of anilines is 1. The Balaban J connectivity index is 1.94. The Morgan fingerprint density at radius 2 is 2.00 bits per heavy atom. The van der Waals surface area contributed by atoms with Crippen LogP contribution >= 0.6 is 11.3 Å². The standard InChI is InChI=1S/C14H14N4OS/c1-7-4-8(2)10-6-12(15-11(10)5-7)13(19)16-14-18-17-9(3)20-14/h4-6,15H,1-3H3,(H,16,18,19). The van der Waals surface area contributed by atoms with E-state index in [4.69, 9.17) is 0 Å². The van der Waals surface area contributed by atoms with E-state index >= 15 is 0 Å². The summed E-state index contributed by atoms with van der Waals surface area (Å²) in [6.45, 7) is 5.93. The van der Waals surface area contributed by atoms with Crippen molar-refractivity contribution in [2.24, 2.45) is 0 Å². The lowest BCUT2D eigenvalue weighted by atomic mass is 10.1. The molecule has 3 rings (SSSR count). The summed E-state index contributed by atoms with van der Waals surface area (Å²) in [5, 5.41) is 12.9. The molecule has 0 saturated heterocycles. The van der Waals surface area contributed by atoms with Gasteiger partial charge in [0.25, 0.3) is 5.91 Å². The van der Waals surface area contributed by atoms with Crippen LogP contribution in [0.3, 0.4) is 0 Å². The van der Waals surface area contributed by atoms with Gasteiger partial charge in [0, 0.05) is 10.9 Å². The van der Waals surface area contributed by atoms with Crippen LogP contribution in [0.5, 0.6) is 0 Å². The molecule has 2 N–H and O–H groups in total. The van der Waals surface area contributed by atoms with E-state index < -0.39 is 0 Å². The summed E-state index contributed by atoms with van der Waals surface area (Å²) in [5.41, 5.74) is 3.83. The van der Waals surface area contributed by atoms with E-state index in [2.05, 4.69) is 26.6 Å². The van der Waals surface area contributed by atoms with Crippen LogP contribution in [0.4, 0.5) is 5.13 Å². The van der Waals surface area contributed by atoms with Gasteiger partial charge in [-0.05, 0) is 44.0 Å². The molecule has 20 heavy (non-hydrogen) atoms. The molecule has 6 heteroatoms. The lowest BCUT2D eigenvalue weighted by Crippen LogP contribution is -2.11. The van der Waals surface area contributed by atoms with Crippen molar-refractivity contribution in [3.8, 4) is 0 Å². The number of benzene rings is 1. The number of amides is 1. The fraction of sp³-hybridized carbons (Fsp3) is 0.214. The lowest BCUT2D eigenvalue weighted by molar-refractivity contribution is 0.102. The monoisotopic (exact) mass is 286 g/mol. The molecule has 5 nitrogen and oxygen atoms in total. The minimum absolute atomic E-state index is 0.200.